The van der Waals surface area contributed by atoms with Crippen molar-refractivity contribution in [2.24, 2.45) is 11.7 Å². The van der Waals surface area contributed by atoms with E-state index in [0.717, 1.165) is 6.42 Å². The van der Waals surface area contributed by atoms with Gasteiger partial charge in [0.15, 0.2) is 0 Å². The Morgan fingerprint density at radius 1 is 1.53 bits per heavy atom. The Balaban J connectivity index is 2.64. The molecule has 3 nitrogen and oxygen atoms in total. The van der Waals surface area contributed by atoms with Crippen molar-refractivity contribution in [1.29, 1.82) is 0 Å². The monoisotopic (exact) mass is 254 g/mol. The Bertz CT molecular complexity index is 337. The summed E-state index contributed by atoms with van der Waals surface area (Å²) >= 11 is 1.68. The van der Waals surface area contributed by atoms with Crippen LogP contribution in [0.15, 0.2) is 17.5 Å². The van der Waals surface area contributed by atoms with E-state index in [9.17, 15) is 4.79 Å². The lowest BCUT2D eigenvalue weighted by Crippen LogP contribution is -2.46. The van der Waals surface area contributed by atoms with Crippen molar-refractivity contribution in [3.05, 3.63) is 22.4 Å². The predicted octanol–water partition coefficient (Wildman–Crippen LogP) is 2.47. The van der Waals surface area contributed by atoms with Crippen LogP contribution in [0.2, 0.25) is 0 Å². The fourth-order valence-corrected chi connectivity index (χ4v) is 2.36. The van der Waals surface area contributed by atoms with Crippen LogP contribution in [0.4, 0.5) is 0 Å². The molecule has 0 fully saturated rings. The van der Waals surface area contributed by atoms with E-state index in [1.807, 2.05) is 30.2 Å². The molecule has 0 saturated heterocycles. The number of hydrogen-bond donors (Lipinski definition) is 1. The normalized spacial score (nSPS) is 14.4. The molecule has 1 heterocycles. The molecular formula is C13H22N2OS. The Labute approximate surface area is 108 Å². The Morgan fingerprint density at radius 2 is 2.24 bits per heavy atom. The maximum absolute atomic E-state index is 12.2. The highest BCUT2D eigenvalue weighted by Gasteiger charge is 2.24. The van der Waals surface area contributed by atoms with Crippen LogP contribution >= 0.6 is 11.3 Å². The molecule has 1 unspecified atom stereocenters. The number of rotatable bonds is 6. The highest BCUT2D eigenvalue weighted by atomic mass is 32.1. The van der Waals surface area contributed by atoms with Gasteiger partial charge in [-0.15, -0.1) is 11.3 Å². The summed E-state index contributed by atoms with van der Waals surface area (Å²) in [6, 6.07) is 3.68. The van der Waals surface area contributed by atoms with Crippen LogP contribution in [0.25, 0.3) is 0 Å². The van der Waals surface area contributed by atoms with Gasteiger partial charge in [0, 0.05) is 11.4 Å². The minimum atomic E-state index is -0.375. The lowest BCUT2D eigenvalue weighted by molar-refractivity contribution is -0.134. The van der Waals surface area contributed by atoms with Crippen LogP contribution < -0.4 is 5.73 Å². The smallest absolute Gasteiger partial charge is 0.240 e. The minimum absolute atomic E-state index is 0.0650. The largest absolute Gasteiger partial charge is 0.336 e. The third kappa shape index (κ3) is 3.82. The van der Waals surface area contributed by atoms with Crippen molar-refractivity contribution in [3.8, 4) is 0 Å². The molecular weight excluding hydrogens is 232 g/mol. The fourth-order valence-electron chi connectivity index (χ4n) is 1.64. The number of nitrogens with two attached hydrogens (primary N) is 1. The van der Waals surface area contributed by atoms with Crippen LogP contribution in [0, 0.1) is 5.92 Å². The van der Waals surface area contributed by atoms with Crippen LogP contribution in [0.3, 0.4) is 0 Å². The number of nitrogens with zero attached hydrogens (tertiary/aromatic N) is 1. The highest BCUT2D eigenvalue weighted by Crippen LogP contribution is 2.14. The SMILES string of the molecule is CCC(C)[C@H](N)C(=O)N(CC)Cc1cccs1. The van der Waals surface area contributed by atoms with E-state index in [2.05, 4.69) is 13.0 Å². The summed E-state index contributed by atoms with van der Waals surface area (Å²) in [5, 5.41) is 2.03. The first kappa shape index (κ1) is 14.2. The molecule has 0 aliphatic carbocycles. The first-order valence-corrected chi connectivity index (χ1v) is 7.04. The first-order chi connectivity index (χ1) is 8.10. The molecule has 2 atom stereocenters. The van der Waals surface area contributed by atoms with Crippen LogP contribution in [-0.4, -0.2) is 23.4 Å². The molecule has 1 aromatic heterocycles. The van der Waals surface area contributed by atoms with Gasteiger partial charge in [-0.1, -0.05) is 26.3 Å². The maximum Gasteiger partial charge on any atom is 0.240 e. The first-order valence-electron chi connectivity index (χ1n) is 6.16. The predicted molar refractivity (Wildman–Crippen MR) is 72.8 cm³/mol. The molecule has 0 aliphatic heterocycles. The van der Waals surface area contributed by atoms with Crippen molar-refractivity contribution >= 4 is 17.2 Å². The molecule has 96 valence electrons. The van der Waals surface area contributed by atoms with Crippen molar-refractivity contribution in [2.75, 3.05) is 6.54 Å². The van der Waals surface area contributed by atoms with Gasteiger partial charge in [0.25, 0.3) is 0 Å². The zero-order valence-corrected chi connectivity index (χ0v) is 11.7. The summed E-state index contributed by atoms with van der Waals surface area (Å²) in [4.78, 5) is 15.2. The topological polar surface area (TPSA) is 46.3 Å². The number of hydrogen-bond acceptors (Lipinski definition) is 3. The van der Waals surface area contributed by atoms with Crippen molar-refractivity contribution in [2.45, 2.75) is 39.8 Å². The van der Waals surface area contributed by atoms with Gasteiger partial charge in [-0.3, -0.25) is 4.79 Å². The number of amides is 1. The molecule has 1 amide bonds. The second-order valence-corrected chi connectivity index (χ2v) is 5.38. The zero-order valence-electron chi connectivity index (χ0n) is 10.8. The van der Waals surface area contributed by atoms with Gasteiger partial charge in [-0.25, -0.2) is 0 Å². The zero-order chi connectivity index (χ0) is 12.8. The molecule has 0 saturated carbocycles. The van der Waals surface area contributed by atoms with E-state index in [1.54, 1.807) is 11.3 Å². The number of carbonyl (C=O) groups is 1. The highest BCUT2D eigenvalue weighted by molar-refractivity contribution is 7.09. The molecule has 4 heteroatoms. The standard InChI is InChI=1S/C13H22N2OS/c1-4-10(3)12(14)13(16)15(5-2)9-11-7-6-8-17-11/h6-8,10,12H,4-5,9,14H2,1-3H3/t10?,12-/m0/s1. The third-order valence-electron chi connectivity index (χ3n) is 3.16. The van der Waals surface area contributed by atoms with Gasteiger partial charge in [0.05, 0.1) is 12.6 Å². The summed E-state index contributed by atoms with van der Waals surface area (Å²) in [5.41, 5.74) is 5.99. The summed E-state index contributed by atoms with van der Waals surface area (Å²) in [6.07, 6.45) is 0.934. The average Bonchev–Trinajstić information content (AvgIpc) is 2.85. The van der Waals surface area contributed by atoms with Gasteiger partial charge in [-0.05, 0) is 24.3 Å². The second-order valence-electron chi connectivity index (χ2n) is 4.34. The minimum Gasteiger partial charge on any atom is -0.336 e. The van der Waals surface area contributed by atoms with Gasteiger partial charge in [0.2, 0.25) is 5.91 Å². The molecule has 0 radical (unpaired) electrons. The molecule has 0 spiro atoms. The Hall–Kier alpha value is -0.870. The van der Waals surface area contributed by atoms with Gasteiger partial charge < -0.3 is 10.6 Å². The van der Waals surface area contributed by atoms with Gasteiger partial charge >= 0.3 is 0 Å². The van der Waals surface area contributed by atoms with E-state index in [4.69, 9.17) is 5.73 Å². The Morgan fingerprint density at radius 3 is 2.71 bits per heavy atom. The van der Waals surface area contributed by atoms with Crippen LogP contribution in [-0.2, 0) is 11.3 Å². The molecule has 2 N–H and O–H groups in total. The second kappa shape index (κ2) is 6.77. The van der Waals surface area contributed by atoms with Gasteiger partial charge in [0.1, 0.15) is 0 Å². The number of carbonyl (C=O) groups excluding carboxylic acids is 1. The maximum atomic E-state index is 12.2. The average molecular weight is 254 g/mol. The van der Waals surface area contributed by atoms with E-state index in [-0.39, 0.29) is 17.9 Å². The molecule has 0 aliphatic rings. The number of likely N-dealkylation sites (N-methyl/N-ethyl adjacent to an activating group) is 1. The molecule has 1 rings (SSSR count). The van der Waals surface area contributed by atoms with Crippen LogP contribution in [0.1, 0.15) is 32.1 Å². The van der Waals surface area contributed by atoms with E-state index >= 15 is 0 Å². The lowest BCUT2D eigenvalue weighted by Gasteiger charge is -2.26. The van der Waals surface area contributed by atoms with Crippen LogP contribution in [0.5, 0.6) is 0 Å². The molecule has 0 aromatic carbocycles. The summed E-state index contributed by atoms with van der Waals surface area (Å²) in [6.45, 7) is 7.47. The third-order valence-corrected chi connectivity index (χ3v) is 4.02. The van der Waals surface area contributed by atoms with Crippen molar-refractivity contribution in [3.63, 3.8) is 0 Å². The fraction of sp³-hybridized carbons (Fsp3) is 0.615. The Kier molecular flexibility index (Phi) is 5.65. The van der Waals surface area contributed by atoms with E-state index in [1.165, 1.54) is 4.88 Å². The summed E-state index contributed by atoms with van der Waals surface area (Å²) < 4.78 is 0. The quantitative estimate of drug-likeness (QED) is 0.847. The molecule has 17 heavy (non-hydrogen) atoms. The lowest BCUT2D eigenvalue weighted by atomic mass is 9.99. The van der Waals surface area contributed by atoms with Crippen molar-refractivity contribution < 1.29 is 4.79 Å². The van der Waals surface area contributed by atoms with Gasteiger partial charge in [-0.2, -0.15) is 0 Å². The summed E-state index contributed by atoms with van der Waals surface area (Å²) in [7, 11) is 0. The van der Waals surface area contributed by atoms with Crippen molar-refractivity contribution in [1.82, 2.24) is 4.90 Å². The van der Waals surface area contributed by atoms with E-state index in [0.29, 0.717) is 13.1 Å². The molecule has 0 bridgehead atoms. The summed E-state index contributed by atoms with van der Waals surface area (Å²) in [5.74, 6) is 0.301. The van der Waals surface area contributed by atoms with E-state index < -0.39 is 0 Å². The number of thiophene rings is 1. The molecule has 1 aromatic rings.